The van der Waals surface area contributed by atoms with Crippen LogP contribution in [-0.4, -0.2) is 31.4 Å². The van der Waals surface area contributed by atoms with E-state index in [2.05, 4.69) is 0 Å². The van der Waals surface area contributed by atoms with E-state index in [0.29, 0.717) is 5.75 Å². The van der Waals surface area contributed by atoms with Gasteiger partial charge in [0.25, 0.3) is 0 Å². The first kappa shape index (κ1) is 18.3. The van der Waals surface area contributed by atoms with E-state index in [1.54, 1.807) is 12.1 Å². The van der Waals surface area contributed by atoms with Gasteiger partial charge in [-0.05, 0) is 23.8 Å². The number of benzene rings is 3. The number of carbonyl (C=O) groups is 1. The van der Waals surface area contributed by atoms with Crippen LogP contribution in [0.4, 0.5) is 0 Å². The van der Waals surface area contributed by atoms with Crippen molar-refractivity contribution >= 4 is 5.97 Å². The van der Waals surface area contributed by atoms with Crippen LogP contribution in [-0.2, 0) is 0 Å². The third kappa shape index (κ3) is 4.39. The summed E-state index contributed by atoms with van der Waals surface area (Å²) in [5.74, 6) is 0.247. The van der Waals surface area contributed by atoms with E-state index in [1.165, 1.54) is 13.2 Å². The lowest BCUT2D eigenvalue weighted by Gasteiger charge is -2.15. The standard InChI is InChI=1S/C22H20O5/c1-25-20-13-7-11-18(22(23)24)21(20)27-15-14-26-19-12-6-5-10-17(19)16-8-3-2-4-9-16/h2-13H,14-15H2,1H3,(H,23,24). The normalized spacial score (nSPS) is 10.3. The van der Waals surface area contributed by atoms with Gasteiger partial charge < -0.3 is 19.3 Å². The molecule has 0 amide bonds. The summed E-state index contributed by atoms with van der Waals surface area (Å²) in [7, 11) is 1.47. The number of rotatable bonds is 8. The lowest BCUT2D eigenvalue weighted by molar-refractivity contribution is 0.0690. The van der Waals surface area contributed by atoms with Crippen LogP contribution in [0, 0.1) is 0 Å². The van der Waals surface area contributed by atoms with E-state index in [-0.39, 0.29) is 24.5 Å². The minimum Gasteiger partial charge on any atom is -0.493 e. The lowest BCUT2D eigenvalue weighted by atomic mass is 10.1. The van der Waals surface area contributed by atoms with Crippen LogP contribution in [0.5, 0.6) is 17.2 Å². The van der Waals surface area contributed by atoms with Crippen LogP contribution >= 0.6 is 0 Å². The molecule has 0 aliphatic rings. The molecule has 138 valence electrons. The number of aromatic carboxylic acids is 1. The summed E-state index contributed by atoms with van der Waals surface area (Å²) in [6.45, 7) is 0.449. The Morgan fingerprint density at radius 1 is 0.815 bits per heavy atom. The number of carboxylic acid groups (broad SMARTS) is 1. The van der Waals surface area contributed by atoms with Crippen LogP contribution in [0.1, 0.15) is 10.4 Å². The van der Waals surface area contributed by atoms with Crippen LogP contribution < -0.4 is 14.2 Å². The molecule has 0 unspecified atom stereocenters. The number of hydrogen-bond acceptors (Lipinski definition) is 4. The highest BCUT2D eigenvalue weighted by Crippen LogP contribution is 2.32. The fourth-order valence-electron chi connectivity index (χ4n) is 2.74. The average molecular weight is 364 g/mol. The van der Waals surface area contributed by atoms with E-state index in [9.17, 15) is 9.90 Å². The van der Waals surface area contributed by atoms with Gasteiger partial charge in [0.1, 0.15) is 24.5 Å². The van der Waals surface area contributed by atoms with Gasteiger partial charge in [0.2, 0.25) is 0 Å². The van der Waals surface area contributed by atoms with Gasteiger partial charge in [-0.15, -0.1) is 0 Å². The maximum atomic E-state index is 11.4. The molecule has 0 atom stereocenters. The van der Waals surface area contributed by atoms with Crippen molar-refractivity contribution in [1.29, 1.82) is 0 Å². The van der Waals surface area contributed by atoms with Crippen molar-refractivity contribution in [3.63, 3.8) is 0 Å². The second-order valence-corrected chi connectivity index (χ2v) is 5.70. The van der Waals surface area contributed by atoms with Gasteiger partial charge in [-0.1, -0.05) is 54.6 Å². The van der Waals surface area contributed by atoms with Crippen LogP contribution in [0.25, 0.3) is 11.1 Å². The van der Waals surface area contributed by atoms with Crippen molar-refractivity contribution in [3.8, 4) is 28.4 Å². The van der Waals surface area contributed by atoms with Gasteiger partial charge in [-0.2, -0.15) is 0 Å². The van der Waals surface area contributed by atoms with Crippen molar-refractivity contribution < 1.29 is 24.1 Å². The molecule has 5 heteroatoms. The Kier molecular flexibility index (Phi) is 5.94. The van der Waals surface area contributed by atoms with Gasteiger partial charge in [0, 0.05) is 5.56 Å². The van der Waals surface area contributed by atoms with Gasteiger partial charge in [-0.25, -0.2) is 4.79 Å². The van der Waals surface area contributed by atoms with E-state index >= 15 is 0 Å². The Morgan fingerprint density at radius 2 is 1.48 bits per heavy atom. The summed E-state index contributed by atoms with van der Waals surface area (Å²) in [5.41, 5.74) is 2.10. The summed E-state index contributed by atoms with van der Waals surface area (Å²) in [6, 6.07) is 22.5. The maximum absolute atomic E-state index is 11.4. The van der Waals surface area contributed by atoms with Crippen molar-refractivity contribution in [2.24, 2.45) is 0 Å². The molecule has 3 aromatic carbocycles. The van der Waals surface area contributed by atoms with Crippen LogP contribution in [0.2, 0.25) is 0 Å². The monoisotopic (exact) mass is 364 g/mol. The molecule has 27 heavy (non-hydrogen) atoms. The van der Waals surface area contributed by atoms with Gasteiger partial charge in [-0.3, -0.25) is 0 Å². The molecule has 0 aliphatic heterocycles. The van der Waals surface area contributed by atoms with E-state index in [1.807, 2.05) is 54.6 Å². The zero-order valence-corrected chi connectivity index (χ0v) is 14.9. The highest BCUT2D eigenvalue weighted by atomic mass is 16.5. The maximum Gasteiger partial charge on any atom is 0.339 e. The topological polar surface area (TPSA) is 65.0 Å². The number of methoxy groups -OCH3 is 1. The largest absolute Gasteiger partial charge is 0.493 e. The Hall–Kier alpha value is -3.47. The zero-order valence-electron chi connectivity index (χ0n) is 14.9. The number of para-hydroxylation sites is 2. The quantitative estimate of drug-likeness (QED) is 0.596. The Balaban J connectivity index is 1.68. The van der Waals surface area contributed by atoms with Crippen molar-refractivity contribution in [1.82, 2.24) is 0 Å². The van der Waals surface area contributed by atoms with Gasteiger partial charge in [0.05, 0.1) is 7.11 Å². The Morgan fingerprint density at radius 3 is 2.22 bits per heavy atom. The average Bonchev–Trinajstić information content (AvgIpc) is 2.72. The van der Waals surface area contributed by atoms with Gasteiger partial charge in [0.15, 0.2) is 11.5 Å². The fourth-order valence-corrected chi connectivity index (χ4v) is 2.74. The molecule has 0 aliphatic carbocycles. The highest BCUT2D eigenvalue weighted by molar-refractivity contribution is 5.92. The molecule has 0 fully saturated rings. The summed E-state index contributed by atoms with van der Waals surface area (Å²) in [6.07, 6.45) is 0. The van der Waals surface area contributed by atoms with Crippen molar-refractivity contribution in [3.05, 3.63) is 78.4 Å². The molecule has 1 N–H and O–H groups in total. The molecule has 3 rings (SSSR count). The first-order chi connectivity index (χ1) is 13.2. The summed E-state index contributed by atoms with van der Waals surface area (Å²) >= 11 is 0. The summed E-state index contributed by atoms with van der Waals surface area (Å²) < 4.78 is 16.7. The minimum atomic E-state index is -1.07. The van der Waals surface area contributed by atoms with Crippen molar-refractivity contribution in [2.45, 2.75) is 0 Å². The molecule has 0 heterocycles. The summed E-state index contributed by atoms with van der Waals surface area (Å²) in [5, 5.41) is 9.32. The third-order valence-corrected chi connectivity index (χ3v) is 3.99. The second-order valence-electron chi connectivity index (χ2n) is 5.70. The molecule has 5 nitrogen and oxygen atoms in total. The minimum absolute atomic E-state index is 0.0547. The van der Waals surface area contributed by atoms with E-state index < -0.39 is 5.97 Å². The van der Waals surface area contributed by atoms with Crippen molar-refractivity contribution in [2.75, 3.05) is 20.3 Å². The smallest absolute Gasteiger partial charge is 0.339 e. The highest BCUT2D eigenvalue weighted by Gasteiger charge is 2.16. The van der Waals surface area contributed by atoms with Gasteiger partial charge >= 0.3 is 5.97 Å². The molecule has 3 aromatic rings. The Bertz CT molecular complexity index is 906. The number of ether oxygens (including phenoxy) is 3. The fraction of sp³-hybridized carbons (Fsp3) is 0.136. The van der Waals surface area contributed by atoms with E-state index in [0.717, 1.165) is 16.9 Å². The molecule has 0 bridgehead atoms. The lowest BCUT2D eigenvalue weighted by Crippen LogP contribution is -2.12. The predicted octanol–water partition coefficient (Wildman–Crippen LogP) is 4.52. The van der Waals surface area contributed by atoms with E-state index in [4.69, 9.17) is 14.2 Å². The molecular formula is C22H20O5. The second kappa shape index (κ2) is 8.76. The Labute approximate surface area is 157 Å². The molecule has 0 aromatic heterocycles. The van der Waals surface area contributed by atoms with Crippen LogP contribution in [0.3, 0.4) is 0 Å². The molecule has 0 spiro atoms. The summed E-state index contributed by atoms with van der Waals surface area (Å²) in [4.78, 5) is 11.4. The molecule has 0 radical (unpaired) electrons. The van der Waals surface area contributed by atoms with Crippen LogP contribution in [0.15, 0.2) is 72.8 Å². The zero-order chi connectivity index (χ0) is 19.1. The molecule has 0 saturated carbocycles. The SMILES string of the molecule is COc1cccc(C(=O)O)c1OCCOc1ccccc1-c1ccccc1. The predicted molar refractivity (Wildman–Crippen MR) is 103 cm³/mol. The number of hydrogen-bond donors (Lipinski definition) is 1. The third-order valence-electron chi connectivity index (χ3n) is 3.99. The first-order valence-corrected chi connectivity index (χ1v) is 8.51. The first-order valence-electron chi connectivity index (χ1n) is 8.51. The number of carboxylic acids is 1. The molecular weight excluding hydrogens is 344 g/mol. The molecule has 0 saturated heterocycles.